The van der Waals surface area contributed by atoms with Crippen molar-refractivity contribution in [1.82, 2.24) is 15.2 Å². The Kier molecular flexibility index (Phi) is 7.70. The second-order valence-corrected chi connectivity index (χ2v) is 11.0. The van der Waals surface area contributed by atoms with Crippen LogP contribution in [0.4, 0.5) is 14.5 Å². The van der Waals surface area contributed by atoms with Crippen molar-refractivity contribution in [3.63, 3.8) is 0 Å². The van der Waals surface area contributed by atoms with E-state index in [4.69, 9.17) is 0 Å². The fourth-order valence-corrected chi connectivity index (χ4v) is 6.46. The quantitative estimate of drug-likeness (QED) is 0.567. The molecule has 0 bridgehead atoms. The van der Waals surface area contributed by atoms with E-state index >= 15 is 0 Å². The normalized spacial score (nSPS) is 24.6. The standard InChI is InChI=1S/C30H38F2N4O2/c1-3-36(23-14-12-22(13-15-23)35-18-30(31,32)19-35)27-11-7-10-25-24(27)9-6-4-5-8-21-16-20(2)34-29(38)26(21)17-33-28(25)37/h4,6-7,10-11,16,22-23H,3,5,8-9,12-15,17-19H2,1-2H3,(H,33,37)(H,34,38)/b6-4+. The third-order valence-corrected chi connectivity index (χ3v) is 8.40. The fourth-order valence-electron chi connectivity index (χ4n) is 6.46. The van der Waals surface area contributed by atoms with Gasteiger partial charge in [-0.25, -0.2) is 8.78 Å². The van der Waals surface area contributed by atoms with Crippen molar-refractivity contribution < 1.29 is 13.6 Å². The van der Waals surface area contributed by atoms with E-state index < -0.39 is 5.92 Å². The molecule has 8 heteroatoms. The molecule has 5 rings (SSSR count). The molecule has 1 saturated heterocycles. The number of nitrogens with one attached hydrogen (secondary N) is 2. The number of aromatic nitrogens is 1. The van der Waals surface area contributed by atoms with Gasteiger partial charge in [-0.2, -0.15) is 0 Å². The summed E-state index contributed by atoms with van der Waals surface area (Å²) in [5.74, 6) is -2.70. The highest BCUT2D eigenvalue weighted by Crippen LogP contribution is 2.37. The highest BCUT2D eigenvalue weighted by atomic mass is 19.3. The summed E-state index contributed by atoms with van der Waals surface area (Å²) in [6.45, 7) is 4.79. The number of benzene rings is 1. The van der Waals surface area contributed by atoms with E-state index in [2.05, 4.69) is 40.3 Å². The number of amides is 1. The number of nitrogens with zero attached hydrogens (tertiary/aromatic N) is 2. The topological polar surface area (TPSA) is 68.4 Å². The van der Waals surface area contributed by atoms with Crippen LogP contribution in [0.5, 0.6) is 0 Å². The Morgan fingerprint density at radius 1 is 1.08 bits per heavy atom. The van der Waals surface area contributed by atoms with Crippen LogP contribution in [0.15, 0.2) is 41.2 Å². The summed E-state index contributed by atoms with van der Waals surface area (Å²) in [6.07, 6.45) is 10.2. The first-order valence-electron chi connectivity index (χ1n) is 13.9. The van der Waals surface area contributed by atoms with Crippen LogP contribution < -0.4 is 15.8 Å². The Morgan fingerprint density at radius 3 is 2.55 bits per heavy atom. The summed E-state index contributed by atoms with van der Waals surface area (Å²) in [6, 6.07) is 8.44. The number of alkyl halides is 2. The zero-order chi connectivity index (χ0) is 26.9. The molecule has 0 spiro atoms. The Labute approximate surface area is 223 Å². The number of hydrogen-bond donors (Lipinski definition) is 2. The smallest absolute Gasteiger partial charge is 0.272 e. The van der Waals surface area contributed by atoms with Crippen molar-refractivity contribution in [1.29, 1.82) is 0 Å². The fraction of sp³-hybridized carbons (Fsp3) is 0.533. The van der Waals surface area contributed by atoms with Crippen molar-refractivity contribution in [2.45, 2.75) is 83.3 Å². The van der Waals surface area contributed by atoms with Crippen molar-refractivity contribution in [2.75, 3.05) is 24.5 Å². The molecule has 1 amide bonds. The van der Waals surface area contributed by atoms with Crippen LogP contribution in [0.3, 0.4) is 0 Å². The van der Waals surface area contributed by atoms with E-state index in [0.29, 0.717) is 23.6 Å². The number of pyridine rings is 1. The molecular formula is C30H38F2N4O2. The van der Waals surface area contributed by atoms with E-state index in [1.54, 1.807) is 0 Å². The Hall–Kier alpha value is -3.00. The number of hydrogen-bond acceptors (Lipinski definition) is 4. The molecule has 204 valence electrons. The molecule has 0 atom stereocenters. The maximum atomic E-state index is 13.4. The number of carbonyl (C=O) groups is 1. The number of aromatic amines is 1. The number of H-pyrrole nitrogens is 1. The van der Waals surface area contributed by atoms with Crippen LogP contribution >= 0.6 is 0 Å². The lowest BCUT2D eigenvalue weighted by Crippen LogP contribution is -2.61. The summed E-state index contributed by atoms with van der Waals surface area (Å²) in [5.41, 5.74) is 4.95. The van der Waals surface area contributed by atoms with Gasteiger partial charge in [-0.3, -0.25) is 14.5 Å². The monoisotopic (exact) mass is 524 g/mol. The number of anilines is 1. The van der Waals surface area contributed by atoms with E-state index in [1.807, 2.05) is 30.0 Å². The molecule has 1 saturated carbocycles. The van der Waals surface area contributed by atoms with Crippen LogP contribution in [0.2, 0.25) is 0 Å². The Morgan fingerprint density at radius 2 is 1.84 bits per heavy atom. The van der Waals surface area contributed by atoms with Crippen LogP contribution in [0, 0.1) is 6.92 Å². The molecule has 0 radical (unpaired) electrons. The predicted molar refractivity (Wildman–Crippen MR) is 146 cm³/mol. The lowest BCUT2D eigenvalue weighted by atomic mass is 9.86. The van der Waals surface area contributed by atoms with Gasteiger partial charge in [0.05, 0.1) is 13.1 Å². The molecule has 1 aromatic heterocycles. The van der Waals surface area contributed by atoms with E-state index in [0.717, 1.165) is 67.6 Å². The number of aryl methyl sites for hydroxylation is 2. The van der Waals surface area contributed by atoms with Crippen LogP contribution in [-0.4, -0.2) is 53.4 Å². The number of carbonyl (C=O) groups excluding carboxylic acids is 1. The van der Waals surface area contributed by atoms with E-state index in [9.17, 15) is 18.4 Å². The molecule has 2 fully saturated rings. The van der Waals surface area contributed by atoms with Gasteiger partial charge in [0.1, 0.15) is 0 Å². The first kappa shape index (κ1) is 26.6. The van der Waals surface area contributed by atoms with E-state index in [1.165, 1.54) is 0 Å². The Balaban J connectivity index is 1.37. The molecule has 0 unspecified atom stereocenters. The average molecular weight is 525 g/mol. The second-order valence-electron chi connectivity index (χ2n) is 11.0. The van der Waals surface area contributed by atoms with Gasteiger partial charge in [0, 0.05) is 47.7 Å². The molecule has 2 aliphatic heterocycles. The molecule has 38 heavy (non-hydrogen) atoms. The van der Waals surface area contributed by atoms with Gasteiger partial charge < -0.3 is 15.2 Å². The number of fused-ring (bicyclic) bond motifs is 2. The molecule has 1 aromatic carbocycles. The van der Waals surface area contributed by atoms with E-state index in [-0.39, 0.29) is 37.1 Å². The summed E-state index contributed by atoms with van der Waals surface area (Å²) < 4.78 is 26.8. The molecule has 6 nitrogen and oxygen atoms in total. The van der Waals surface area contributed by atoms with Crippen LogP contribution in [0.1, 0.15) is 71.8 Å². The highest BCUT2D eigenvalue weighted by molar-refractivity contribution is 5.97. The maximum Gasteiger partial charge on any atom is 0.272 e. The molecule has 2 aromatic rings. The summed E-state index contributed by atoms with van der Waals surface area (Å²) >= 11 is 0. The molecular weight excluding hydrogens is 486 g/mol. The van der Waals surface area contributed by atoms with Crippen molar-refractivity contribution in [2.24, 2.45) is 0 Å². The van der Waals surface area contributed by atoms with Crippen molar-refractivity contribution >= 4 is 11.6 Å². The third kappa shape index (κ3) is 5.55. The molecule has 3 heterocycles. The van der Waals surface area contributed by atoms with Gasteiger partial charge in [-0.1, -0.05) is 18.2 Å². The van der Waals surface area contributed by atoms with Gasteiger partial charge in [-0.05, 0) is 88.1 Å². The first-order chi connectivity index (χ1) is 18.3. The number of halogens is 2. The lowest BCUT2D eigenvalue weighted by Gasteiger charge is -2.47. The molecule has 1 aliphatic carbocycles. The summed E-state index contributed by atoms with van der Waals surface area (Å²) in [5, 5.41) is 3.01. The SMILES string of the molecule is CCN(c1cccc2c1C/C=C/CCc1cc(C)[nH]c(=O)c1CNC2=O)C1CCC(N2CC(F)(F)C2)CC1. The summed E-state index contributed by atoms with van der Waals surface area (Å²) in [7, 11) is 0. The third-order valence-electron chi connectivity index (χ3n) is 8.40. The second kappa shape index (κ2) is 11.0. The highest BCUT2D eigenvalue weighted by Gasteiger charge is 2.47. The van der Waals surface area contributed by atoms with Gasteiger partial charge in [0.15, 0.2) is 0 Å². The largest absolute Gasteiger partial charge is 0.369 e. The van der Waals surface area contributed by atoms with Crippen LogP contribution in [-0.2, 0) is 19.4 Å². The predicted octanol–water partition coefficient (Wildman–Crippen LogP) is 4.75. The van der Waals surface area contributed by atoms with Crippen molar-refractivity contribution in [3.8, 4) is 0 Å². The zero-order valence-electron chi connectivity index (χ0n) is 22.4. The molecule has 2 N–H and O–H groups in total. The first-order valence-corrected chi connectivity index (χ1v) is 13.9. The minimum atomic E-state index is -2.52. The number of allylic oxidation sites excluding steroid dienone is 2. The Bertz CT molecular complexity index is 1260. The van der Waals surface area contributed by atoms with Gasteiger partial charge in [-0.15, -0.1) is 0 Å². The maximum absolute atomic E-state index is 13.4. The van der Waals surface area contributed by atoms with Crippen molar-refractivity contribution in [3.05, 3.63) is 74.7 Å². The van der Waals surface area contributed by atoms with Crippen LogP contribution in [0.25, 0.3) is 0 Å². The minimum absolute atomic E-state index is 0.108. The number of rotatable bonds is 4. The number of likely N-dealkylation sites (tertiary alicyclic amines) is 1. The lowest BCUT2D eigenvalue weighted by molar-refractivity contribution is -0.149. The minimum Gasteiger partial charge on any atom is -0.369 e. The van der Waals surface area contributed by atoms with Gasteiger partial charge >= 0.3 is 0 Å². The summed E-state index contributed by atoms with van der Waals surface area (Å²) in [4.78, 5) is 33.3. The average Bonchev–Trinajstić information content (AvgIpc) is 2.87. The van der Waals surface area contributed by atoms with Gasteiger partial charge in [0.25, 0.3) is 17.4 Å². The molecule has 3 aliphatic rings. The zero-order valence-corrected chi connectivity index (χ0v) is 22.4. The van der Waals surface area contributed by atoms with Gasteiger partial charge in [0.2, 0.25) is 0 Å².